The first-order chi connectivity index (χ1) is 16.8. The van der Waals surface area contributed by atoms with Gasteiger partial charge in [-0.05, 0) is 45.4 Å². The van der Waals surface area contributed by atoms with Crippen LogP contribution in [0.5, 0.6) is 0 Å². The summed E-state index contributed by atoms with van der Waals surface area (Å²) in [6.07, 6.45) is 0. The van der Waals surface area contributed by atoms with Crippen molar-refractivity contribution in [3.63, 3.8) is 0 Å². The van der Waals surface area contributed by atoms with E-state index in [0.717, 1.165) is 39.1 Å². The van der Waals surface area contributed by atoms with Gasteiger partial charge in [-0.1, -0.05) is 69.3 Å². The van der Waals surface area contributed by atoms with E-state index in [1.807, 2.05) is 36.4 Å². The van der Waals surface area contributed by atoms with E-state index in [9.17, 15) is 9.59 Å². The van der Waals surface area contributed by atoms with E-state index in [2.05, 4.69) is 49.9 Å². The quantitative estimate of drug-likeness (QED) is 0.442. The second-order valence-corrected chi connectivity index (χ2v) is 10.4. The van der Waals surface area contributed by atoms with Crippen LogP contribution in [0.3, 0.4) is 0 Å². The zero-order valence-electron chi connectivity index (χ0n) is 20.5. The number of fused-ring (bicyclic) bond motifs is 6. The van der Waals surface area contributed by atoms with Gasteiger partial charge in [0.1, 0.15) is 0 Å². The van der Waals surface area contributed by atoms with Crippen molar-refractivity contribution in [1.29, 1.82) is 0 Å². The number of anilines is 1. The van der Waals surface area contributed by atoms with Crippen molar-refractivity contribution in [2.24, 2.45) is 0 Å². The third kappa shape index (κ3) is 2.81. The first kappa shape index (κ1) is 21.7. The number of rotatable bonds is 2. The minimum absolute atomic E-state index is 0.0548. The van der Waals surface area contributed by atoms with Crippen LogP contribution in [-0.2, 0) is 24.5 Å². The molecular formula is C30H27NO4. The van der Waals surface area contributed by atoms with Gasteiger partial charge >= 0.3 is 11.9 Å². The maximum Gasteiger partial charge on any atom is 0.336 e. The molecule has 3 heterocycles. The normalized spacial score (nSPS) is 19.1. The second-order valence-electron chi connectivity index (χ2n) is 10.4. The predicted octanol–water partition coefficient (Wildman–Crippen LogP) is 5.89. The largest absolute Gasteiger partial charge is 0.466 e. The minimum Gasteiger partial charge on any atom is -0.466 e. The van der Waals surface area contributed by atoms with E-state index < -0.39 is 24.0 Å². The Morgan fingerprint density at radius 1 is 0.714 bits per heavy atom. The third-order valence-corrected chi connectivity index (χ3v) is 7.53. The Labute approximate surface area is 205 Å². The van der Waals surface area contributed by atoms with Crippen LogP contribution in [0.15, 0.2) is 71.8 Å². The van der Waals surface area contributed by atoms with Crippen LogP contribution in [-0.4, -0.2) is 26.2 Å². The summed E-state index contributed by atoms with van der Waals surface area (Å²) < 4.78 is 10.5. The van der Waals surface area contributed by atoms with Gasteiger partial charge in [0.05, 0.1) is 43.1 Å². The molecule has 176 valence electrons. The average Bonchev–Trinajstić information content (AvgIpc) is 3.23. The molecule has 0 aliphatic carbocycles. The molecule has 5 heteroatoms. The first-order valence-corrected chi connectivity index (χ1v) is 11.8. The van der Waals surface area contributed by atoms with Gasteiger partial charge in [-0.15, -0.1) is 0 Å². The Morgan fingerprint density at radius 3 is 1.54 bits per heavy atom. The number of benzene rings is 3. The van der Waals surface area contributed by atoms with Crippen LogP contribution in [0.4, 0.5) is 5.69 Å². The topological polar surface area (TPSA) is 55.8 Å². The molecule has 3 aromatic carbocycles. The maximum atomic E-state index is 13.3. The fourth-order valence-electron chi connectivity index (χ4n) is 5.97. The number of methoxy groups -OCH3 is 2. The summed E-state index contributed by atoms with van der Waals surface area (Å²) in [7, 11) is 2.72. The molecule has 0 fully saturated rings. The van der Waals surface area contributed by atoms with Crippen molar-refractivity contribution in [2.75, 3.05) is 19.1 Å². The summed E-state index contributed by atoms with van der Waals surface area (Å²) in [5.41, 5.74) is 9.29. The lowest BCUT2D eigenvalue weighted by Gasteiger charge is -2.45. The van der Waals surface area contributed by atoms with Crippen LogP contribution < -0.4 is 4.90 Å². The lowest BCUT2D eigenvalue weighted by Crippen LogP contribution is -2.36. The van der Waals surface area contributed by atoms with Gasteiger partial charge in [0, 0.05) is 11.1 Å². The summed E-state index contributed by atoms with van der Waals surface area (Å²) >= 11 is 0. The highest BCUT2D eigenvalue weighted by atomic mass is 16.5. The SMILES string of the molecule is COC(=O)C1=C(C(=O)OC)[C@H]2c3ccccc3-c3cc(C(C)(C)C)cc4c3N2[C@H]1c1ccccc1-4. The highest BCUT2D eigenvalue weighted by molar-refractivity contribution is 6.10. The summed E-state index contributed by atoms with van der Waals surface area (Å²) in [5.74, 6) is -1.01. The molecule has 0 saturated carbocycles. The molecule has 0 bridgehead atoms. The average molecular weight is 466 g/mol. The number of carbonyl (C=O) groups is 2. The molecule has 5 nitrogen and oxygen atoms in total. The maximum absolute atomic E-state index is 13.3. The number of hydrogen-bond acceptors (Lipinski definition) is 5. The molecule has 3 aliphatic heterocycles. The lowest BCUT2D eigenvalue weighted by molar-refractivity contribution is -0.139. The van der Waals surface area contributed by atoms with Gasteiger partial charge in [0.15, 0.2) is 0 Å². The molecule has 0 unspecified atom stereocenters. The van der Waals surface area contributed by atoms with Gasteiger partial charge in [-0.25, -0.2) is 9.59 Å². The Morgan fingerprint density at radius 2 is 1.14 bits per heavy atom. The van der Waals surface area contributed by atoms with Crippen LogP contribution in [0.2, 0.25) is 0 Å². The van der Waals surface area contributed by atoms with Gasteiger partial charge in [0.2, 0.25) is 0 Å². The van der Waals surface area contributed by atoms with Crippen molar-refractivity contribution >= 4 is 17.6 Å². The van der Waals surface area contributed by atoms with Crippen LogP contribution >= 0.6 is 0 Å². The highest BCUT2D eigenvalue weighted by Crippen LogP contribution is 2.63. The summed E-state index contributed by atoms with van der Waals surface area (Å²) in [5, 5.41) is 0. The molecule has 3 aliphatic rings. The first-order valence-electron chi connectivity index (χ1n) is 11.8. The van der Waals surface area contributed by atoms with Crippen molar-refractivity contribution in [3.05, 3.63) is 88.5 Å². The zero-order chi connectivity index (χ0) is 24.6. The molecule has 0 amide bonds. The molecule has 0 aromatic heterocycles. The van der Waals surface area contributed by atoms with E-state index in [-0.39, 0.29) is 5.41 Å². The molecule has 0 radical (unpaired) electrons. The highest BCUT2D eigenvalue weighted by Gasteiger charge is 2.54. The molecule has 0 N–H and O–H groups in total. The monoisotopic (exact) mass is 465 g/mol. The summed E-state index contributed by atoms with van der Waals surface area (Å²) in [4.78, 5) is 28.8. The van der Waals surface area contributed by atoms with Gasteiger partial charge in [-0.2, -0.15) is 0 Å². The fraction of sp³-hybridized carbons (Fsp3) is 0.267. The van der Waals surface area contributed by atoms with Gasteiger partial charge in [-0.3, -0.25) is 0 Å². The Balaban J connectivity index is 1.79. The number of nitrogens with zero attached hydrogens (tertiary/aromatic N) is 1. The number of esters is 2. The Bertz CT molecular complexity index is 1360. The smallest absolute Gasteiger partial charge is 0.336 e. The Kier molecular flexibility index (Phi) is 4.53. The molecule has 6 rings (SSSR count). The molecule has 35 heavy (non-hydrogen) atoms. The summed E-state index contributed by atoms with van der Waals surface area (Å²) in [6, 6.07) is 20.0. The third-order valence-electron chi connectivity index (χ3n) is 7.53. The van der Waals surface area contributed by atoms with Gasteiger partial charge < -0.3 is 14.4 Å². The standard InChI is InChI=1S/C30H27NO4/c1-30(2,3)16-14-21-17-10-6-8-12-19(17)26-23(28(32)34-4)24(29(33)35-5)27-20-13-9-7-11-18(20)22(15-16)25(21)31(26)27/h6-15,26-27H,1-5H3/t26-,27+. The predicted molar refractivity (Wildman–Crippen MR) is 135 cm³/mol. The van der Waals surface area contributed by atoms with E-state index in [1.165, 1.54) is 19.8 Å². The summed E-state index contributed by atoms with van der Waals surface area (Å²) in [6.45, 7) is 6.66. The fourth-order valence-corrected chi connectivity index (χ4v) is 5.97. The van der Waals surface area contributed by atoms with Crippen LogP contribution in [0, 0.1) is 0 Å². The van der Waals surface area contributed by atoms with Crippen molar-refractivity contribution in [2.45, 2.75) is 38.3 Å². The number of ether oxygens (including phenoxy) is 2. The van der Waals surface area contributed by atoms with Crippen molar-refractivity contribution in [3.8, 4) is 22.3 Å². The van der Waals surface area contributed by atoms with E-state index in [0.29, 0.717) is 11.1 Å². The Hall–Kier alpha value is -3.86. The second kappa shape index (κ2) is 7.32. The molecule has 0 saturated heterocycles. The van der Waals surface area contributed by atoms with E-state index >= 15 is 0 Å². The van der Waals surface area contributed by atoms with E-state index in [4.69, 9.17) is 9.47 Å². The molecule has 2 atom stereocenters. The van der Waals surface area contributed by atoms with Crippen molar-refractivity contribution < 1.29 is 19.1 Å². The van der Waals surface area contributed by atoms with Crippen LogP contribution in [0.1, 0.15) is 49.5 Å². The molecule has 0 spiro atoms. The van der Waals surface area contributed by atoms with Crippen molar-refractivity contribution in [1.82, 2.24) is 0 Å². The molecular weight excluding hydrogens is 438 g/mol. The van der Waals surface area contributed by atoms with E-state index in [1.54, 1.807) is 0 Å². The molecule has 3 aromatic rings. The lowest BCUT2D eigenvalue weighted by atomic mass is 9.76. The van der Waals surface area contributed by atoms with Gasteiger partial charge in [0.25, 0.3) is 0 Å². The minimum atomic E-state index is -0.506. The van der Waals surface area contributed by atoms with Crippen LogP contribution in [0.25, 0.3) is 22.3 Å². The number of carbonyl (C=O) groups excluding carboxylic acids is 2. The number of hydrogen-bond donors (Lipinski definition) is 0. The zero-order valence-corrected chi connectivity index (χ0v) is 20.5.